The normalized spacial score (nSPS) is 21.9. The van der Waals surface area contributed by atoms with Crippen LogP contribution in [0.3, 0.4) is 0 Å². The van der Waals surface area contributed by atoms with Crippen LogP contribution in [-0.4, -0.2) is 39.1 Å². The van der Waals surface area contributed by atoms with Gasteiger partial charge in [-0.2, -0.15) is 0 Å². The van der Waals surface area contributed by atoms with E-state index < -0.39 is 0 Å². The van der Waals surface area contributed by atoms with E-state index in [9.17, 15) is 4.39 Å². The fourth-order valence-corrected chi connectivity index (χ4v) is 3.73. The molecule has 2 aromatic heterocycles. The molecule has 0 unspecified atom stereocenters. The Balaban J connectivity index is 0.00000168. The average Bonchev–Trinajstić information content (AvgIpc) is 3.33. The molecule has 0 N–H and O–H groups in total. The van der Waals surface area contributed by atoms with Gasteiger partial charge in [0, 0.05) is 30.8 Å². The van der Waals surface area contributed by atoms with Crippen molar-refractivity contribution in [1.29, 1.82) is 0 Å². The Bertz CT molecular complexity index is 881. The van der Waals surface area contributed by atoms with E-state index in [-0.39, 0.29) is 30.4 Å². The van der Waals surface area contributed by atoms with E-state index in [2.05, 4.69) is 15.2 Å². The quantitative estimate of drug-likeness (QED) is 0.703. The van der Waals surface area contributed by atoms with E-state index in [1.165, 1.54) is 12.1 Å². The molecule has 3 aromatic rings. The van der Waals surface area contributed by atoms with Crippen LogP contribution in [0.4, 0.5) is 4.39 Å². The van der Waals surface area contributed by atoms with Gasteiger partial charge in [-0.25, -0.2) is 9.07 Å². The minimum Gasteiger partial charge on any atom is -0.472 e. The summed E-state index contributed by atoms with van der Waals surface area (Å²) in [7, 11) is 0. The van der Waals surface area contributed by atoms with Crippen molar-refractivity contribution in [2.75, 3.05) is 13.1 Å². The van der Waals surface area contributed by atoms with E-state index in [1.807, 2.05) is 10.7 Å². The van der Waals surface area contributed by atoms with E-state index in [4.69, 9.17) is 9.15 Å². The summed E-state index contributed by atoms with van der Waals surface area (Å²) in [5.41, 5.74) is 3.74. The van der Waals surface area contributed by atoms with Crippen LogP contribution in [0.1, 0.15) is 17.3 Å². The van der Waals surface area contributed by atoms with Crippen molar-refractivity contribution in [2.24, 2.45) is 0 Å². The second kappa shape index (κ2) is 6.83. The molecular formula is C18H18ClFN4O2. The number of ether oxygens (including phenoxy) is 1. The Kier molecular flexibility index (Phi) is 4.52. The van der Waals surface area contributed by atoms with Gasteiger partial charge in [0.2, 0.25) is 0 Å². The van der Waals surface area contributed by atoms with Crippen molar-refractivity contribution in [2.45, 2.75) is 25.3 Å². The molecule has 1 fully saturated rings. The van der Waals surface area contributed by atoms with Crippen LogP contribution in [-0.2, 0) is 17.9 Å². The van der Waals surface area contributed by atoms with Gasteiger partial charge in [-0.1, -0.05) is 5.21 Å². The van der Waals surface area contributed by atoms with Crippen molar-refractivity contribution in [1.82, 2.24) is 19.9 Å². The number of halogens is 2. The minimum absolute atomic E-state index is 0. The third-order valence-electron chi connectivity index (χ3n) is 4.96. The van der Waals surface area contributed by atoms with Crippen molar-refractivity contribution in [3.05, 3.63) is 59.9 Å². The number of rotatable bonds is 3. The molecule has 6 nitrogen and oxygen atoms in total. The Morgan fingerprint density at radius 1 is 1.15 bits per heavy atom. The van der Waals surface area contributed by atoms with Crippen molar-refractivity contribution in [3.8, 4) is 11.3 Å². The topological polar surface area (TPSA) is 56.3 Å². The Hall–Kier alpha value is -2.22. The van der Waals surface area contributed by atoms with Crippen LogP contribution in [0.5, 0.6) is 0 Å². The molecule has 1 saturated heterocycles. The van der Waals surface area contributed by atoms with Gasteiger partial charge in [0.05, 0.1) is 37.0 Å². The van der Waals surface area contributed by atoms with Gasteiger partial charge in [-0.3, -0.25) is 4.90 Å². The summed E-state index contributed by atoms with van der Waals surface area (Å²) < 4.78 is 26.4. The second-order valence-electron chi connectivity index (χ2n) is 6.58. The number of fused-ring (bicyclic) bond motifs is 3. The fourth-order valence-electron chi connectivity index (χ4n) is 3.73. The lowest BCUT2D eigenvalue weighted by atomic mass is 10.1. The first-order chi connectivity index (χ1) is 12.3. The highest BCUT2D eigenvalue weighted by Gasteiger charge is 2.40. The lowest BCUT2D eigenvalue weighted by Gasteiger charge is -2.26. The molecule has 136 valence electrons. The molecule has 26 heavy (non-hydrogen) atoms. The highest BCUT2D eigenvalue weighted by Crippen LogP contribution is 2.34. The molecule has 2 aliphatic heterocycles. The lowest BCUT2D eigenvalue weighted by molar-refractivity contribution is -0.00494. The largest absolute Gasteiger partial charge is 0.472 e. The van der Waals surface area contributed by atoms with Crippen LogP contribution < -0.4 is 0 Å². The van der Waals surface area contributed by atoms with Gasteiger partial charge in [-0.05, 0) is 30.3 Å². The lowest BCUT2D eigenvalue weighted by Crippen LogP contribution is -2.32. The van der Waals surface area contributed by atoms with Gasteiger partial charge in [0.25, 0.3) is 0 Å². The Morgan fingerprint density at radius 3 is 2.77 bits per heavy atom. The van der Waals surface area contributed by atoms with Crippen LogP contribution in [0, 0.1) is 5.82 Å². The molecule has 1 aromatic carbocycles. The van der Waals surface area contributed by atoms with E-state index >= 15 is 0 Å². The number of aromatic nitrogens is 3. The van der Waals surface area contributed by atoms with Gasteiger partial charge in [0.15, 0.2) is 0 Å². The van der Waals surface area contributed by atoms with Crippen LogP contribution in [0.2, 0.25) is 0 Å². The maximum Gasteiger partial charge on any atom is 0.123 e. The molecule has 2 atom stereocenters. The van der Waals surface area contributed by atoms with Gasteiger partial charge in [-0.15, -0.1) is 17.5 Å². The predicted molar refractivity (Wildman–Crippen MR) is 94.3 cm³/mol. The molecule has 0 amide bonds. The molecule has 0 aliphatic carbocycles. The number of furan rings is 1. The molecule has 0 bridgehead atoms. The van der Waals surface area contributed by atoms with Crippen LogP contribution >= 0.6 is 12.4 Å². The number of nitrogens with zero attached hydrogens (tertiary/aromatic N) is 4. The zero-order chi connectivity index (χ0) is 16.8. The van der Waals surface area contributed by atoms with Crippen molar-refractivity contribution in [3.63, 3.8) is 0 Å². The van der Waals surface area contributed by atoms with Gasteiger partial charge >= 0.3 is 0 Å². The van der Waals surface area contributed by atoms with E-state index in [0.29, 0.717) is 6.61 Å². The summed E-state index contributed by atoms with van der Waals surface area (Å²) in [4.78, 5) is 2.34. The summed E-state index contributed by atoms with van der Waals surface area (Å²) in [6, 6.07) is 8.47. The molecule has 0 spiro atoms. The van der Waals surface area contributed by atoms with Crippen molar-refractivity contribution < 1.29 is 13.5 Å². The summed E-state index contributed by atoms with van der Waals surface area (Å²) in [5.74, 6) is -0.258. The molecule has 5 rings (SSSR count). The summed E-state index contributed by atoms with van der Waals surface area (Å²) in [6.07, 6.45) is 3.58. The van der Waals surface area contributed by atoms with Crippen LogP contribution in [0.25, 0.3) is 11.3 Å². The molecule has 0 saturated carbocycles. The Morgan fingerprint density at radius 2 is 2.00 bits per heavy atom. The number of likely N-dealkylation sites (tertiary alicyclic amines) is 1. The predicted octanol–water partition coefficient (Wildman–Crippen LogP) is 3.05. The maximum atomic E-state index is 13.2. The highest BCUT2D eigenvalue weighted by atomic mass is 35.5. The SMILES string of the molecule is Cl.Fc1ccc(-c2nnn3c2CO[C@@H]2CN(Cc4ccoc4)C[C@H]23)cc1. The standard InChI is InChI=1S/C18H17FN4O2.ClH/c19-14-3-1-13(2-4-14)18-16-11-25-17-9-22(7-12-5-6-24-10-12)8-15(17)23(16)21-20-18;/h1-6,10,15,17H,7-9,11H2;1H/t15-,17-;/m1./s1. The highest BCUT2D eigenvalue weighted by molar-refractivity contribution is 5.85. The monoisotopic (exact) mass is 376 g/mol. The van der Waals surface area contributed by atoms with Gasteiger partial charge < -0.3 is 9.15 Å². The molecule has 4 heterocycles. The number of benzene rings is 1. The zero-order valence-electron chi connectivity index (χ0n) is 13.9. The smallest absolute Gasteiger partial charge is 0.123 e. The number of hydrogen-bond donors (Lipinski definition) is 0. The average molecular weight is 377 g/mol. The van der Waals surface area contributed by atoms with E-state index in [0.717, 1.165) is 42.1 Å². The second-order valence-corrected chi connectivity index (χ2v) is 6.58. The fraction of sp³-hybridized carbons (Fsp3) is 0.333. The first-order valence-electron chi connectivity index (χ1n) is 8.33. The third kappa shape index (κ3) is 2.92. The summed E-state index contributed by atoms with van der Waals surface area (Å²) >= 11 is 0. The minimum atomic E-state index is -0.258. The third-order valence-corrected chi connectivity index (χ3v) is 4.96. The van der Waals surface area contributed by atoms with Crippen molar-refractivity contribution >= 4 is 12.4 Å². The first-order valence-corrected chi connectivity index (χ1v) is 8.33. The van der Waals surface area contributed by atoms with E-state index in [1.54, 1.807) is 24.7 Å². The Labute approximate surface area is 156 Å². The molecular weight excluding hydrogens is 359 g/mol. The van der Waals surface area contributed by atoms with Crippen LogP contribution in [0.15, 0.2) is 47.3 Å². The summed E-state index contributed by atoms with van der Waals surface area (Å²) in [5, 5.41) is 8.71. The number of hydrogen-bond acceptors (Lipinski definition) is 5. The zero-order valence-corrected chi connectivity index (χ0v) is 14.7. The molecule has 8 heteroatoms. The molecule has 2 aliphatic rings. The maximum absolute atomic E-state index is 13.2. The first kappa shape index (κ1) is 17.2. The molecule has 0 radical (unpaired) electrons. The summed E-state index contributed by atoms with van der Waals surface area (Å²) in [6.45, 7) is 3.03. The van der Waals surface area contributed by atoms with Gasteiger partial charge in [0.1, 0.15) is 11.5 Å².